The molecule has 0 aliphatic rings. The number of hydrogen-bond acceptors (Lipinski definition) is 3. The SMILES string of the molecule is Cc1nc2ccc(OI)cc2s1. The Kier molecular flexibility index (Phi) is 2.18. The predicted octanol–water partition coefficient (Wildman–Crippen LogP) is 3.33. The number of benzene rings is 1. The van der Waals surface area contributed by atoms with Gasteiger partial charge < -0.3 is 3.07 Å². The van der Waals surface area contributed by atoms with E-state index in [4.69, 9.17) is 3.07 Å². The number of nitrogens with zero attached hydrogens (tertiary/aromatic N) is 1. The van der Waals surface area contributed by atoms with Crippen molar-refractivity contribution in [3.63, 3.8) is 0 Å². The summed E-state index contributed by atoms with van der Waals surface area (Å²) in [6.07, 6.45) is 0. The van der Waals surface area contributed by atoms with Gasteiger partial charge in [0.05, 0.1) is 15.2 Å². The molecule has 0 amide bonds. The second-order valence-corrected chi connectivity index (χ2v) is 4.11. The van der Waals surface area contributed by atoms with Crippen molar-refractivity contribution in [2.75, 3.05) is 0 Å². The normalized spacial score (nSPS) is 10.5. The summed E-state index contributed by atoms with van der Waals surface area (Å²) in [5, 5.41) is 1.09. The molecule has 62 valence electrons. The van der Waals surface area contributed by atoms with Gasteiger partial charge in [-0.15, -0.1) is 11.3 Å². The van der Waals surface area contributed by atoms with Crippen molar-refractivity contribution in [2.24, 2.45) is 0 Å². The fourth-order valence-electron chi connectivity index (χ4n) is 1.07. The molecule has 2 aromatic rings. The summed E-state index contributed by atoms with van der Waals surface area (Å²) in [6, 6.07) is 5.91. The summed E-state index contributed by atoms with van der Waals surface area (Å²) in [5.74, 6) is 0.881. The van der Waals surface area contributed by atoms with Gasteiger partial charge in [-0.3, -0.25) is 0 Å². The van der Waals surface area contributed by atoms with E-state index >= 15 is 0 Å². The highest BCUT2D eigenvalue weighted by atomic mass is 127. The molecule has 12 heavy (non-hydrogen) atoms. The van der Waals surface area contributed by atoms with E-state index in [-0.39, 0.29) is 0 Å². The summed E-state index contributed by atoms with van der Waals surface area (Å²) in [7, 11) is 0. The van der Waals surface area contributed by atoms with Crippen LogP contribution in [0.2, 0.25) is 0 Å². The number of hydrogen-bond donors (Lipinski definition) is 0. The van der Waals surface area contributed by atoms with Crippen molar-refractivity contribution < 1.29 is 3.07 Å². The Hall–Kier alpha value is -0.360. The first kappa shape index (κ1) is 8.25. The van der Waals surface area contributed by atoms with Crippen molar-refractivity contribution in [1.29, 1.82) is 0 Å². The molecule has 0 unspecified atom stereocenters. The molecule has 2 rings (SSSR count). The number of thiazole rings is 1. The lowest BCUT2D eigenvalue weighted by molar-refractivity contribution is 0.719. The summed E-state index contributed by atoms with van der Waals surface area (Å²) in [6.45, 7) is 2.01. The van der Waals surface area contributed by atoms with Gasteiger partial charge in [0.15, 0.2) is 23.0 Å². The summed E-state index contributed by atoms with van der Waals surface area (Å²) in [4.78, 5) is 4.35. The highest BCUT2D eigenvalue weighted by Crippen LogP contribution is 2.26. The predicted molar refractivity (Wildman–Crippen MR) is 59.0 cm³/mol. The molecule has 0 atom stereocenters. The minimum atomic E-state index is 0.881. The maximum Gasteiger partial charge on any atom is 0.192 e. The van der Waals surface area contributed by atoms with Gasteiger partial charge in [-0.1, -0.05) is 0 Å². The van der Waals surface area contributed by atoms with Crippen molar-refractivity contribution >= 4 is 44.6 Å². The first-order chi connectivity index (χ1) is 5.79. The molecule has 0 aliphatic heterocycles. The van der Waals surface area contributed by atoms with Gasteiger partial charge in [-0.2, -0.15) is 0 Å². The Morgan fingerprint density at radius 2 is 2.33 bits per heavy atom. The molecule has 0 saturated heterocycles. The van der Waals surface area contributed by atoms with Gasteiger partial charge in [-0.25, -0.2) is 4.98 Å². The monoisotopic (exact) mass is 291 g/mol. The molecule has 0 fully saturated rings. The van der Waals surface area contributed by atoms with E-state index in [1.807, 2.05) is 48.1 Å². The molecule has 1 heterocycles. The van der Waals surface area contributed by atoms with Crippen LogP contribution in [0.3, 0.4) is 0 Å². The maximum absolute atomic E-state index is 5.08. The fraction of sp³-hybridized carbons (Fsp3) is 0.125. The summed E-state index contributed by atoms with van der Waals surface area (Å²) in [5.41, 5.74) is 1.05. The molecular weight excluding hydrogens is 285 g/mol. The second-order valence-electron chi connectivity index (χ2n) is 2.44. The maximum atomic E-state index is 5.08. The lowest BCUT2D eigenvalue weighted by Gasteiger charge is -1.93. The number of rotatable bonds is 1. The molecule has 1 aromatic heterocycles. The molecule has 0 N–H and O–H groups in total. The van der Waals surface area contributed by atoms with Crippen LogP contribution in [0.25, 0.3) is 10.2 Å². The van der Waals surface area contributed by atoms with E-state index in [9.17, 15) is 0 Å². The van der Waals surface area contributed by atoms with Gasteiger partial charge in [-0.05, 0) is 19.1 Å². The van der Waals surface area contributed by atoms with Gasteiger partial charge in [0.25, 0.3) is 0 Å². The Bertz CT molecular complexity index is 412. The van der Waals surface area contributed by atoms with Crippen molar-refractivity contribution in [1.82, 2.24) is 4.98 Å². The standard InChI is InChI=1S/C8H6INOS/c1-5-10-7-3-2-6(11-9)4-8(7)12-5/h2-4H,1H3. The van der Waals surface area contributed by atoms with Crippen molar-refractivity contribution in [2.45, 2.75) is 6.92 Å². The zero-order valence-electron chi connectivity index (χ0n) is 6.37. The van der Waals surface area contributed by atoms with E-state index in [1.165, 1.54) is 4.70 Å². The van der Waals surface area contributed by atoms with E-state index < -0.39 is 0 Å². The van der Waals surface area contributed by atoms with E-state index in [1.54, 1.807) is 11.3 Å². The van der Waals surface area contributed by atoms with E-state index in [0.29, 0.717) is 0 Å². The third-order valence-corrected chi connectivity index (χ3v) is 3.00. The Labute approximate surface area is 88.3 Å². The average molecular weight is 291 g/mol. The first-order valence-electron chi connectivity index (χ1n) is 3.45. The van der Waals surface area contributed by atoms with Crippen LogP contribution < -0.4 is 3.07 Å². The van der Waals surface area contributed by atoms with Crippen LogP contribution in [0.1, 0.15) is 5.01 Å². The van der Waals surface area contributed by atoms with Crippen molar-refractivity contribution in [3.8, 4) is 5.75 Å². The summed E-state index contributed by atoms with van der Waals surface area (Å²) < 4.78 is 6.26. The van der Waals surface area contributed by atoms with Crippen molar-refractivity contribution in [3.05, 3.63) is 23.2 Å². The first-order valence-corrected chi connectivity index (χ1v) is 5.15. The van der Waals surface area contributed by atoms with Gasteiger partial charge >= 0.3 is 0 Å². The van der Waals surface area contributed by atoms with Gasteiger partial charge in [0.2, 0.25) is 0 Å². The molecule has 2 nitrogen and oxygen atoms in total. The van der Waals surface area contributed by atoms with Crippen LogP contribution >= 0.6 is 34.3 Å². The average Bonchev–Trinajstić information content (AvgIpc) is 2.43. The molecule has 0 aliphatic carbocycles. The Morgan fingerprint density at radius 1 is 1.50 bits per heavy atom. The Balaban J connectivity index is 2.66. The lowest BCUT2D eigenvalue weighted by atomic mass is 10.3. The zero-order valence-corrected chi connectivity index (χ0v) is 9.35. The van der Waals surface area contributed by atoms with E-state index in [0.717, 1.165) is 16.3 Å². The topological polar surface area (TPSA) is 22.1 Å². The largest absolute Gasteiger partial charge is 0.428 e. The number of fused-ring (bicyclic) bond motifs is 1. The molecule has 0 radical (unpaired) electrons. The number of aromatic nitrogens is 1. The zero-order chi connectivity index (χ0) is 8.55. The third-order valence-electron chi connectivity index (χ3n) is 1.56. The van der Waals surface area contributed by atoms with Crippen LogP contribution in [0.4, 0.5) is 0 Å². The molecule has 0 spiro atoms. The van der Waals surface area contributed by atoms with Gasteiger partial charge in [0.1, 0.15) is 5.75 Å². The van der Waals surface area contributed by atoms with Crippen LogP contribution in [-0.2, 0) is 0 Å². The van der Waals surface area contributed by atoms with E-state index in [2.05, 4.69) is 4.98 Å². The Morgan fingerprint density at radius 3 is 3.08 bits per heavy atom. The van der Waals surface area contributed by atoms with Crippen LogP contribution in [0, 0.1) is 6.92 Å². The fourth-order valence-corrected chi connectivity index (χ4v) is 2.20. The summed E-state index contributed by atoms with van der Waals surface area (Å²) >= 11 is 3.56. The second kappa shape index (κ2) is 3.18. The highest BCUT2D eigenvalue weighted by molar-refractivity contribution is 14.1. The number of halogens is 1. The number of aryl methyl sites for hydroxylation is 1. The van der Waals surface area contributed by atoms with Crippen LogP contribution in [0.15, 0.2) is 18.2 Å². The van der Waals surface area contributed by atoms with Gasteiger partial charge in [0, 0.05) is 6.07 Å². The smallest absolute Gasteiger partial charge is 0.192 e. The lowest BCUT2D eigenvalue weighted by Crippen LogP contribution is -1.72. The molecule has 0 saturated carbocycles. The molecule has 0 bridgehead atoms. The molecule has 1 aromatic carbocycles. The quantitative estimate of drug-likeness (QED) is 0.752. The highest BCUT2D eigenvalue weighted by Gasteiger charge is 2.00. The minimum absolute atomic E-state index is 0.881. The van der Waals surface area contributed by atoms with Crippen LogP contribution in [0.5, 0.6) is 5.75 Å². The van der Waals surface area contributed by atoms with Crippen LogP contribution in [-0.4, -0.2) is 4.98 Å². The molecular formula is C8H6INOS. The minimum Gasteiger partial charge on any atom is -0.428 e. The third kappa shape index (κ3) is 1.40. The molecule has 4 heteroatoms.